The molecule has 1 amide bonds. The molecule has 0 radical (unpaired) electrons. The molecule has 0 aliphatic rings. The molecular formula is C15H21N3O2. The molecule has 5 nitrogen and oxygen atoms in total. The largest absolute Gasteiger partial charge is 0.482 e. The van der Waals surface area contributed by atoms with Crippen LogP contribution in [0.5, 0.6) is 5.75 Å². The lowest BCUT2D eigenvalue weighted by Crippen LogP contribution is -2.48. The van der Waals surface area contributed by atoms with Crippen molar-refractivity contribution in [3.8, 4) is 11.8 Å². The summed E-state index contributed by atoms with van der Waals surface area (Å²) in [5, 5.41) is 11.7. The summed E-state index contributed by atoms with van der Waals surface area (Å²) in [6, 6.07) is 8.88. The molecule has 5 heteroatoms. The molecule has 108 valence electrons. The van der Waals surface area contributed by atoms with Crippen molar-refractivity contribution in [2.75, 3.05) is 27.2 Å². The number of para-hydroxylation sites is 1. The number of ether oxygens (including phenoxy) is 1. The number of carbonyl (C=O) groups excluding carboxylic acids is 1. The van der Waals surface area contributed by atoms with E-state index in [9.17, 15) is 4.79 Å². The van der Waals surface area contributed by atoms with Crippen LogP contribution in [0.2, 0.25) is 0 Å². The van der Waals surface area contributed by atoms with Crippen molar-refractivity contribution >= 4 is 5.91 Å². The molecule has 0 aromatic heterocycles. The van der Waals surface area contributed by atoms with E-state index in [0.717, 1.165) is 0 Å². The van der Waals surface area contributed by atoms with Gasteiger partial charge in [-0.1, -0.05) is 12.1 Å². The van der Waals surface area contributed by atoms with Gasteiger partial charge in [-0.05, 0) is 40.1 Å². The molecule has 0 heterocycles. The Hall–Kier alpha value is -2.06. The topological polar surface area (TPSA) is 65.4 Å². The highest BCUT2D eigenvalue weighted by molar-refractivity contribution is 5.77. The number of nitriles is 1. The van der Waals surface area contributed by atoms with Crippen molar-refractivity contribution in [1.29, 1.82) is 5.26 Å². The van der Waals surface area contributed by atoms with Crippen LogP contribution in [0.25, 0.3) is 0 Å². The van der Waals surface area contributed by atoms with Gasteiger partial charge in [-0.15, -0.1) is 0 Å². The fourth-order valence-corrected chi connectivity index (χ4v) is 1.35. The van der Waals surface area contributed by atoms with Gasteiger partial charge in [0.2, 0.25) is 0 Å². The van der Waals surface area contributed by atoms with Crippen molar-refractivity contribution in [3.63, 3.8) is 0 Å². The zero-order chi connectivity index (χ0) is 15.2. The number of nitrogens with one attached hydrogen (secondary N) is 1. The summed E-state index contributed by atoms with van der Waals surface area (Å²) >= 11 is 0. The third kappa shape index (κ3) is 4.56. The van der Waals surface area contributed by atoms with Crippen LogP contribution < -0.4 is 10.1 Å². The number of benzene rings is 1. The molecule has 1 N–H and O–H groups in total. The van der Waals surface area contributed by atoms with Gasteiger partial charge in [-0.3, -0.25) is 4.79 Å². The van der Waals surface area contributed by atoms with Gasteiger partial charge >= 0.3 is 0 Å². The van der Waals surface area contributed by atoms with Gasteiger partial charge in [0.05, 0.1) is 5.56 Å². The second-order valence-corrected chi connectivity index (χ2v) is 5.38. The molecule has 0 spiro atoms. The van der Waals surface area contributed by atoms with Gasteiger partial charge in [-0.25, -0.2) is 0 Å². The van der Waals surface area contributed by atoms with E-state index in [1.807, 2.05) is 38.9 Å². The number of rotatable bonds is 6. The summed E-state index contributed by atoms with van der Waals surface area (Å²) in [6.45, 7) is 4.52. The predicted octanol–water partition coefficient (Wildman–Crippen LogP) is 1.39. The smallest absolute Gasteiger partial charge is 0.258 e. The van der Waals surface area contributed by atoms with E-state index in [1.165, 1.54) is 0 Å². The number of hydrogen-bond acceptors (Lipinski definition) is 4. The minimum absolute atomic E-state index is 0.0950. The summed E-state index contributed by atoms with van der Waals surface area (Å²) in [5.74, 6) is 0.227. The van der Waals surface area contributed by atoms with Gasteiger partial charge in [0.15, 0.2) is 6.61 Å². The molecule has 0 saturated carbocycles. The molecule has 1 aromatic carbocycles. The van der Waals surface area contributed by atoms with Gasteiger partial charge in [-0.2, -0.15) is 5.26 Å². The maximum atomic E-state index is 11.7. The molecule has 1 aromatic rings. The molecule has 0 fully saturated rings. The highest BCUT2D eigenvalue weighted by atomic mass is 16.5. The molecular weight excluding hydrogens is 254 g/mol. The Morgan fingerprint density at radius 1 is 1.40 bits per heavy atom. The Balaban J connectivity index is 2.47. The molecule has 0 aliphatic heterocycles. The lowest BCUT2D eigenvalue weighted by Gasteiger charge is -2.32. The van der Waals surface area contributed by atoms with E-state index in [0.29, 0.717) is 17.9 Å². The fourth-order valence-electron chi connectivity index (χ4n) is 1.35. The number of carbonyl (C=O) groups is 1. The van der Waals surface area contributed by atoms with Crippen molar-refractivity contribution in [2.24, 2.45) is 0 Å². The van der Waals surface area contributed by atoms with Crippen LogP contribution in [0.1, 0.15) is 19.4 Å². The second kappa shape index (κ2) is 6.92. The number of amides is 1. The Labute approximate surface area is 120 Å². The van der Waals surface area contributed by atoms with Crippen molar-refractivity contribution in [2.45, 2.75) is 19.4 Å². The van der Waals surface area contributed by atoms with Crippen LogP contribution in [0.4, 0.5) is 0 Å². The standard InChI is InChI=1S/C15H21N3O2/c1-15(2,18(3)4)11-17-14(19)10-20-13-8-6-5-7-12(13)9-16/h5-8H,10-11H2,1-4H3,(H,17,19). The molecule has 1 rings (SSSR count). The summed E-state index contributed by atoms with van der Waals surface area (Å²) in [4.78, 5) is 13.8. The third-order valence-electron chi connectivity index (χ3n) is 3.30. The van der Waals surface area contributed by atoms with Gasteiger partial charge in [0, 0.05) is 12.1 Å². The van der Waals surface area contributed by atoms with Gasteiger partial charge in [0.1, 0.15) is 11.8 Å². The number of nitrogens with zero attached hydrogens (tertiary/aromatic N) is 2. The molecule has 0 atom stereocenters. The first-order valence-electron chi connectivity index (χ1n) is 6.43. The van der Waals surface area contributed by atoms with Gasteiger partial charge < -0.3 is 15.0 Å². The average Bonchev–Trinajstić information content (AvgIpc) is 2.43. The van der Waals surface area contributed by atoms with Crippen LogP contribution in [-0.4, -0.2) is 43.6 Å². The van der Waals surface area contributed by atoms with E-state index in [1.54, 1.807) is 24.3 Å². The lowest BCUT2D eigenvalue weighted by molar-refractivity contribution is -0.123. The van der Waals surface area contributed by atoms with E-state index < -0.39 is 0 Å². The average molecular weight is 275 g/mol. The minimum Gasteiger partial charge on any atom is -0.482 e. The van der Waals surface area contributed by atoms with Crippen LogP contribution in [-0.2, 0) is 4.79 Å². The van der Waals surface area contributed by atoms with Crippen molar-refractivity contribution < 1.29 is 9.53 Å². The fraction of sp³-hybridized carbons (Fsp3) is 0.467. The SMILES string of the molecule is CN(C)C(C)(C)CNC(=O)COc1ccccc1C#N. The molecule has 20 heavy (non-hydrogen) atoms. The maximum absolute atomic E-state index is 11.7. The molecule has 0 unspecified atom stereocenters. The van der Waals surface area contributed by atoms with Crippen molar-refractivity contribution in [1.82, 2.24) is 10.2 Å². The maximum Gasteiger partial charge on any atom is 0.258 e. The number of hydrogen-bond donors (Lipinski definition) is 1. The first-order chi connectivity index (χ1) is 9.36. The van der Waals surface area contributed by atoms with E-state index >= 15 is 0 Å². The zero-order valence-electron chi connectivity index (χ0n) is 12.4. The van der Waals surface area contributed by atoms with Crippen LogP contribution in [0.3, 0.4) is 0 Å². The monoisotopic (exact) mass is 275 g/mol. The number of likely N-dealkylation sites (N-methyl/N-ethyl adjacent to an activating group) is 1. The Kier molecular flexibility index (Phi) is 5.53. The zero-order valence-corrected chi connectivity index (χ0v) is 12.4. The van der Waals surface area contributed by atoms with Crippen LogP contribution in [0, 0.1) is 11.3 Å². The highest BCUT2D eigenvalue weighted by Gasteiger charge is 2.21. The molecule has 0 aliphatic carbocycles. The molecule has 0 saturated heterocycles. The Morgan fingerprint density at radius 2 is 2.05 bits per heavy atom. The summed E-state index contributed by atoms with van der Waals surface area (Å²) in [7, 11) is 3.93. The van der Waals surface area contributed by atoms with Crippen LogP contribution >= 0.6 is 0 Å². The van der Waals surface area contributed by atoms with E-state index in [-0.39, 0.29) is 18.1 Å². The summed E-state index contributed by atoms with van der Waals surface area (Å²) < 4.78 is 5.37. The first-order valence-corrected chi connectivity index (χ1v) is 6.43. The lowest BCUT2D eigenvalue weighted by atomic mass is 10.0. The van der Waals surface area contributed by atoms with Crippen LogP contribution in [0.15, 0.2) is 24.3 Å². The quantitative estimate of drug-likeness (QED) is 0.852. The molecule has 0 bridgehead atoms. The van der Waals surface area contributed by atoms with Gasteiger partial charge in [0.25, 0.3) is 5.91 Å². The van der Waals surface area contributed by atoms with E-state index in [4.69, 9.17) is 10.00 Å². The van der Waals surface area contributed by atoms with Crippen molar-refractivity contribution in [3.05, 3.63) is 29.8 Å². The Morgan fingerprint density at radius 3 is 2.65 bits per heavy atom. The van der Waals surface area contributed by atoms with E-state index in [2.05, 4.69) is 5.32 Å². The third-order valence-corrected chi connectivity index (χ3v) is 3.30. The second-order valence-electron chi connectivity index (χ2n) is 5.38. The highest BCUT2D eigenvalue weighted by Crippen LogP contribution is 2.16. The summed E-state index contributed by atoms with van der Waals surface area (Å²) in [5.41, 5.74) is 0.300. The summed E-state index contributed by atoms with van der Waals surface area (Å²) in [6.07, 6.45) is 0. The normalized spacial score (nSPS) is 11.0. The Bertz CT molecular complexity index is 504. The predicted molar refractivity (Wildman–Crippen MR) is 77.4 cm³/mol. The first kappa shape index (κ1) is 16.0. The minimum atomic E-state index is -0.201.